The van der Waals surface area contributed by atoms with Crippen LogP contribution in [0.15, 0.2) is 82.8 Å². The second-order valence-corrected chi connectivity index (χ2v) is 9.06. The van der Waals surface area contributed by atoms with Gasteiger partial charge in [0.2, 0.25) is 11.1 Å². The molecule has 7 nitrogen and oxygen atoms in total. The molecule has 180 valence electrons. The lowest BCUT2D eigenvalue weighted by molar-refractivity contribution is -0.121. The lowest BCUT2D eigenvalue weighted by atomic mass is 10.2. The van der Waals surface area contributed by atoms with Crippen molar-refractivity contribution < 1.29 is 14.3 Å². The molecule has 0 unspecified atom stereocenters. The molecule has 0 aliphatic heterocycles. The summed E-state index contributed by atoms with van der Waals surface area (Å²) in [5, 5.41) is 13.1. The average molecular weight is 509 g/mol. The van der Waals surface area contributed by atoms with Crippen LogP contribution in [0, 0.1) is 0 Å². The van der Waals surface area contributed by atoms with Gasteiger partial charge in [-0.15, -0.1) is 10.2 Å². The summed E-state index contributed by atoms with van der Waals surface area (Å²) in [6.45, 7) is 0.390. The van der Waals surface area contributed by atoms with E-state index in [0.717, 1.165) is 27.6 Å². The van der Waals surface area contributed by atoms with Crippen LogP contribution in [0.3, 0.4) is 0 Å². The van der Waals surface area contributed by atoms with Gasteiger partial charge >= 0.3 is 0 Å². The average Bonchev–Trinajstić information content (AvgIpc) is 3.28. The number of carbonyl (C=O) groups excluding carboxylic acids is 1. The number of benzene rings is 3. The Kier molecular flexibility index (Phi) is 8.28. The lowest BCUT2D eigenvalue weighted by Gasteiger charge is -2.12. The number of nitrogens with one attached hydrogen (secondary N) is 1. The largest absolute Gasteiger partial charge is 0.497 e. The van der Waals surface area contributed by atoms with Crippen LogP contribution >= 0.6 is 23.4 Å². The molecule has 0 aliphatic rings. The summed E-state index contributed by atoms with van der Waals surface area (Å²) in [6.07, 6.45) is 0.678. The van der Waals surface area contributed by atoms with Crippen molar-refractivity contribution in [1.29, 1.82) is 0 Å². The summed E-state index contributed by atoms with van der Waals surface area (Å²) in [4.78, 5) is 13.6. The third-order valence-corrected chi connectivity index (χ3v) is 6.43. The molecule has 4 rings (SSSR count). The van der Waals surface area contributed by atoms with E-state index in [9.17, 15) is 4.79 Å². The monoisotopic (exact) mass is 508 g/mol. The van der Waals surface area contributed by atoms with Crippen molar-refractivity contribution in [3.05, 3.63) is 89.2 Å². The fourth-order valence-electron chi connectivity index (χ4n) is 3.53. The van der Waals surface area contributed by atoms with Gasteiger partial charge in [0.05, 0.1) is 19.9 Å². The van der Waals surface area contributed by atoms with Crippen LogP contribution in [-0.2, 0) is 17.8 Å². The highest BCUT2D eigenvalue weighted by Gasteiger charge is 2.17. The molecule has 0 fully saturated rings. The summed E-state index contributed by atoms with van der Waals surface area (Å²) in [5.74, 6) is 2.05. The number of aromatic nitrogens is 3. The summed E-state index contributed by atoms with van der Waals surface area (Å²) in [7, 11) is 3.24. The second-order valence-electron chi connectivity index (χ2n) is 7.58. The third kappa shape index (κ3) is 6.35. The molecule has 0 atom stereocenters. The fraction of sp³-hybridized carbons (Fsp3) is 0.192. The topological polar surface area (TPSA) is 78.3 Å². The van der Waals surface area contributed by atoms with Gasteiger partial charge in [-0.3, -0.25) is 9.36 Å². The van der Waals surface area contributed by atoms with Gasteiger partial charge in [-0.05, 0) is 48.2 Å². The zero-order valence-corrected chi connectivity index (χ0v) is 21.0. The van der Waals surface area contributed by atoms with Gasteiger partial charge in [-0.1, -0.05) is 41.9 Å². The van der Waals surface area contributed by atoms with Crippen molar-refractivity contribution in [2.75, 3.05) is 14.2 Å². The van der Waals surface area contributed by atoms with Gasteiger partial charge in [0.1, 0.15) is 17.3 Å². The number of rotatable bonds is 10. The summed E-state index contributed by atoms with van der Waals surface area (Å²) < 4.78 is 12.7. The molecule has 3 aromatic carbocycles. The maximum Gasteiger partial charge on any atom is 0.220 e. The molecule has 4 aromatic rings. The number of amides is 1. The highest BCUT2D eigenvalue weighted by Crippen LogP contribution is 2.31. The molecule has 1 N–H and O–H groups in total. The van der Waals surface area contributed by atoms with Crippen molar-refractivity contribution in [2.45, 2.75) is 29.4 Å². The summed E-state index contributed by atoms with van der Waals surface area (Å²) in [5.41, 5.74) is 1.77. The first-order chi connectivity index (χ1) is 17.1. The van der Waals surface area contributed by atoms with Gasteiger partial charge in [0.25, 0.3) is 0 Å². The van der Waals surface area contributed by atoms with Crippen LogP contribution in [0.25, 0.3) is 5.69 Å². The van der Waals surface area contributed by atoms with E-state index in [1.54, 1.807) is 14.2 Å². The van der Waals surface area contributed by atoms with E-state index in [1.165, 1.54) is 11.8 Å². The molecule has 1 aromatic heterocycles. The molecular formula is C26H25ClN4O3S. The molecule has 35 heavy (non-hydrogen) atoms. The predicted molar refractivity (Wildman–Crippen MR) is 137 cm³/mol. The highest BCUT2D eigenvalue weighted by atomic mass is 35.5. The van der Waals surface area contributed by atoms with Crippen molar-refractivity contribution >= 4 is 29.3 Å². The molecule has 0 saturated carbocycles. The number of carbonyl (C=O) groups is 1. The zero-order valence-electron chi connectivity index (χ0n) is 19.4. The Bertz CT molecular complexity index is 1310. The normalized spacial score (nSPS) is 10.7. The van der Waals surface area contributed by atoms with Crippen LogP contribution in [-0.4, -0.2) is 34.9 Å². The lowest BCUT2D eigenvalue weighted by Crippen LogP contribution is -2.23. The first-order valence-corrected chi connectivity index (χ1v) is 12.2. The maximum absolute atomic E-state index is 12.6. The first-order valence-electron chi connectivity index (χ1n) is 11.0. The molecule has 1 amide bonds. The van der Waals surface area contributed by atoms with Crippen molar-refractivity contribution in [1.82, 2.24) is 20.1 Å². The Morgan fingerprint density at radius 1 is 1.00 bits per heavy atom. The molecule has 9 heteroatoms. The first kappa shape index (κ1) is 24.6. The predicted octanol–water partition coefficient (Wildman–Crippen LogP) is 5.34. The Morgan fingerprint density at radius 2 is 1.83 bits per heavy atom. The minimum atomic E-state index is -0.0832. The standard InChI is InChI=1S/C26H25ClN4O3S/c1-33-21-10-6-9-20(16-21)31-24(29-30-26(31)35-22-11-5-8-19(27)15-22)13-14-25(32)28-17-18-7-3-4-12-23(18)34-2/h3-12,15-16H,13-14,17H2,1-2H3,(H,28,32). The molecule has 0 bridgehead atoms. The van der Waals surface area contributed by atoms with Gasteiger partial charge < -0.3 is 14.8 Å². The van der Waals surface area contributed by atoms with E-state index in [-0.39, 0.29) is 12.3 Å². The highest BCUT2D eigenvalue weighted by molar-refractivity contribution is 7.99. The quantitative estimate of drug-likeness (QED) is 0.311. The van der Waals surface area contributed by atoms with Crippen molar-refractivity contribution in [3.8, 4) is 17.2 Å². The van der Waals surface area contributed by atoms with Gasteiger partial charge in [-0.2, -0.15) is 0 Å². The van der Waals surface area contributed by atoms with E-state index in [1.807, 2.05) is 77.4 Å². The number of methoxy groups -OCH3 is 2. The molecule has 1 heterocycles. The SMILES string of the molecule is COc1cccc(-n2c(CCC(=O)NCc3ccccc3OC)nnc2Sc2cccc(Cl)c2)c1. The number of hydrogen-bond donors (Lipinski definition) is 1. The van der Waals surface area contributed by atoms with E-state index >= 15 is 0 Å². The van der Waals surface area contributed by atoms with E-state index in [4.69, 9.17) is 21.1 Å². The maximum atomic E-state index is 12.6. The molecular weight excluding hydrogens is 484 g/mol. The Hall–Kier alpha value is -3.49. The van der Waals surface area contributed by atoms with Gasteiger partial charge in [-0.25, -0.2) is 0 Å². The number of nitrogens with zero attached hydrogens (tertiary/aromatic N) is 3. The summed E-state index contributed by atoms with van der Waals surface area (Å²) in [6, 6.07) is 22.8. The van der Waals surface area contributed by atoms with E-state index < -0.39 is 0 Å². The van der Waals surface area contributed by atoms with E-state index in [0.29, 0.717) is 29.0 Å². The molecule has 0 radical (unpaired) electrons. The second kappa shape index (κ2) is 11.8. The van der Waals surface area contributed by atoms with Gasteiger partial charge in [0, 0.05) is 40.9 Å². The zero-order chi connectivity index (χ0) is 24.6. The number of halogens is 1. The number of ether oxygens (including phenoxy) is 2. The molecule has 0 saturated heterocycles. The summed E-state index contributed by atoms with van der Waals surface area (Å²) >= 11 is 7.62. The minimum absolute atomic E-state index is 0.0832. The van der Waals surface area contributed by atoms with Gasteiger partial charge in [0.15, 0.2) is 0 Å². The van der Waals surface area contributed by atoms with Crippen molar-refractivity contribution in [3.63, 3.8) is 0 Å². The Labute approximate surface area is 213 Å². The Morgan fingerprint density at radius 3 is 2.63 bits per heavy atom. The number of hydrogen-bond acceptors (Lipinski definition) is 6. The van der Waals surface area contributed by atoms with E-state index in [2.05, 4.69) is 15.5 Å². The molecule has 0 spiro atoms. The van der Waals surface area contributed by atoms with Crippen molar-refractivity contribution in [2.24, 2.45) is 0 Å². The van der Waals surface area contributed by atoms with Crippen LogP contribution in [0.1, 0.15) is 17.8 Å². The number of para-hydroxylation sites is 1. The fourth-order valence-corrected chi connectivity index (χ4v) is 4.71. The Balaban J connectivity index is 1.52. The smallest absolute Gasteiger partial charge is 0.220 e. The third-order valence-electron chi connectivity index (χ3n) is 5.26. The van der Waals surface area contributed by atoms with Crippen LogP contribution in [0.2, 0.25) is 5.02 Å². The van der Waals surface area contributed by atoms with Crippen LogP contribution < -0.4 is 14.8 Å². The van der Waals surface area contributed by atoms with Crippen LogP contribution in [0.4, 0.5) is 0 Å². The molecule has 0 aliphatic carbocycles. The minimum Gasteiger partial charge on any atom is -0.497 e. The van der Waals surface area contributed by atoms with Crippen LogP contribution in [0.5, 0.6) is 11.5 Å². The number of aryl methyl sites for hydroxylation is 1.